The molecule has 0 fully saturated rings. The van der Waals surface area contributed by atoms with Crippen molar-refractivity contribution in [3.8, 4) is 5.75 Å². The summed E-state index contributed by atoms with van der Waals surface area (Å²) < 4.78 is 44.5. The van der Waals surface area contributed by atoms with Crippen molar-refractivity contribution in [2.75, 3.05) is 18.0 Å². The molecule has 0 atom stereocenters. The molecule has 2 aromatic rings. The normalized spacial score (nSPS) is 11.0. The first kappa shape index (κ1) is 16.8. The number of ether oxygens (including phenoxy) is 1. The fourth-order valence-electron chi connectivity index (χ4n) is 1.85. The van der Waals surface area contributed by atoms with Crippen LogP contribution in [-0.2, 0) is 14.8 Å². The third-order valence-corrected chi connectivity index (χ3v) is 4.82. The average Bonchev–Trinajstić information content (AvgIpc) is 2.53. The Kier molecular flexibility index (Phi) is 4.85. The molecule has 1 N–H and O–H groups in total. The number of benzene rings is 2. The van der Waals surface area contributed by atoms with Crippen LogP contribution in [0.15, 0.2) is 53.4 Å². The van der Waals surface area contributed by atoms with Crippen molar-refractivity contribution in [3.05, 3.63) is 54.3 Å². The minimum Gasteiger partial charge on any atom is -0.482 e. The molecule has 122 valence electrons. The number of hydrogen-bond acceptors (Lipinski definition) is 4. The molecule has 0 aliphatic rings. The molecule has 0 aromatic heterocycles. The molecule has 0 saturated carbocycles. The molecule has 0 amide bonds. The van der Waals surface area contributed by atoms with E-state index in [0.717, 1.165) is 4.31 Å². The first-order valence-electron chi connectivity index (χ1n) is 6.50. The number of carboxylic acids is 1. The van der Waals surface area contributed by atoms with Crippen LogP contribution in [-0.4, -0.2) is 33.1 Å². The van der Waals surface area contributed by atoms with E-state index < -0.39 is 28.4 Å². The predicted molar refractivity (Wildman–Crippen MR) is 81.6 cm³/mol. The molecule has 6 nitrogen and oxygen atoms in total. The fourth-order valence-corrected chi connectivity index (χ4v) is 3.05. The number of hydrogen-bond donors (Lipinski definition) is 1. The molecular formula is C15H14FNO5S. The molecule has 0 aliphatic carbocycles. The van der Waals surface area contributed by atoms with Crippen molar-refractivity contribution in [1.82, 2.24) is 0 Å². The van der Waals surface area contributed by atoms with Crippen molar-refractivity contribution in [2.45, 2.75) is 4.90 Å². The van der Waals surface area contributed by atoms with Crippen LogP contribution in [0.2, 0.25) is 0 Å². The Bertz CT molecular complexity index is 805. The lowest BCUT2D eigenvalue weighted by molar-refractivity contribution is -0.139. The van der Waals surface area contributed by atoms with Gasteiger partial charge in [0.2, 0.25) is 0 Å². The Morgan fingerprint density at radius 2 is 1.78 bits per heavy atom. The zero-order chi connectivity index (χ0) is 17.0. The summed E-state index contributed by atoms with van der Waals surface area (Å²) >= 11 is 0. The van der Waals surface area contributed by atoms with Gasteiger partial charge >= 0.3 is 5.97 Å². The zero-order valence-corrected chi connectivity index (χ0v) is 13.0. The van der Waals surface area contributed by atoms with Crippen LogP contribution >= 0.6 is 0 Å². The van der Waals surface area contributed by atoms with Crippen LogP contribution in [0.3, 0.4) is 0 Å². The quantitative estimate of drug-likeness (QED) is 0.871. The van der Waals surface area contributed by atoms with Crippen LogP contribution in [0, 0.1) is 5.82 Å². The summed E-state index contributed by atoms with van der Waals surface area (Å²) in [4.78, 5) is 10.3. The highest BCUT2D eigenvalue weighted by Crippen LogP contribution is 2.25. The molecule has 8 heteroatoms. The minimum absolute atomic E-state index is 0.0640. The molecule has 2 rings (SSSR count). The van der Waals surface area contributed by atoms with E-state index in [4.69, 9.17) is 9.84 Å². The summed E-state index contributed by atoms with van der Waals surface area (Å²) in [6.07, 6.45) is 0. The summed E-state index contributed by atoms with van der Waals surface area (Å²) in [5, 5.41) is 8.52. The van der Waals surface area contributed by atoms with Gasteiger partial charge < -0.3 is 9.84 Å². The zero-order valence-electron chi connectivity index (χ0n) is 12.1. The van der Waals surface area contributed by atoms with Gasteiger partial charge in [-0.2, -0.15) is 0 Å². The predicted octanol–water partition coefficient (Wildman–Crippen LogP) is 2.11. The molecule has 23 heavy (non-hydrogen) atoms. The topological polar surface area (TPSA) is 83.9 Å². The Morgan fingerprint density at radius 3 is 2.35 bits per heavy atom. The summed E-state index contributed by atoms with van der Waals surface area (Å²) in [5.41, 5.74) is -0.0706. The summed E-state index contributed by atoms with van der Waals surface area (Å²) in [7, 11) is -2.69. The van der Waals surface area contributed by atoms with Gasteiger partial charge in [0.1, 0.15) is 11.6 Å². The highest BCUT2D eigenvalue weighted by molar-refractivity contribution is 7.92. The Hall–Kier alpha value is -2.61. The summed E-state index contributed by atoms with van der Waals surface area (Å²) in [5.74, 6) is -1.57. The Labute approximate surface area is 132 Å². The molecule has 0 radical (unpaired) electrons. The highest BCUT2D eigenvalue weighted by Gasteiger charge is 2.23. The van der Waals surface area contributed by atoms with Gasteiger partial charge in [-0.15, -0.1) is 0 Å². The van der Waals surface area contributed by atoms with Crippen molar-refractivity contribution in [1.29, 1.82) is 0 Å². The van der Waals surface area contributed by atoms with Crippen molar-refractivity contribution in [2.24, 2.45) is 0 Å². The number of sulfonamides is 1. The van der Waals surface area contributed by atoms with Crippen molar-refractivity contribution < 1.29 is 27.4 Å². The molecule has 0 spiro atoms. The lowest BCUT2D eigenvalue weighted by atomic mass is 10.3. The maximum Gasteiger partial charge on any atom is 0.341 e. The number of rotatable bonds is 6. The maximum atomic E-state index is 13.7. The smallest absolute Gasteiger partial charge is 0.341 e. The second-order valence-corrected chi connectivity index (χ2v) is 6.55. The lowest BCUT2D eigenvalue weighted by Crippen LogP contribution is -2.27. The highest BCUT2D eigenvalue weighted by atomic mass is 32.2. The van der Waals surface area contributed by atoms with Gasteiger partial charge in [-0.05, 0) is 36.4 Å². The number of halogens is 1. The van der Waals surface area contributed by atoms with Crippen molar-refractivity contribution >= 4 is 21.7 Å². The molecule has 0 unspecified atom stereocenters. The second kappa shape index (κ2) is 6.66. The van der Waals surface area contributed by atoms with Crippen molar-refractivity contribution in [3.63, 3.8) is 0 Å². The van der Waals surface area contributed by atoms with Crippen LogP contribution < -0.4 is 9.04 Å². The number of aliphatic carboxylic acids is 1. The Balaban J connectivity index is 2.26. The molecule has 0 aliphatic heterocycles. The number of anilines is 1. The van der Waals surface area contributed by atoms with Crippen LogP contribution in [0.5, 0.6) is 5.75 Å². The molecule has 0 saturated heterocycles. The van der Waals surface area contributed by atoms with E-state index in [9.17, 15) is 17.6 Å². The van der Waals surface area contributed by atoms with Gasteiger partial charge in [-0.25, -0.2) is 17.6 Å². The van der Waals surface area contributed by atoms with E-state index in [1.807, 2.05) is 0 Å². The molecular weight excluding hydrogens is 325 g/mol. The van der Waals surface area contributed by atoms with E-state index in [2.05, 4.69) is 0 Å². The van der Waals surface area contributed by atoms with Crippen LogP contribution in [0.25, 0.3) is 0 Å². The van der Waals surface area contributed by atoms with Crippen LogP contribution in [0.1, 0.15) is 0 Å². The van der Waals surface area contributed by atoms with Gasteiger partial charge in [0.15, 0.2) is 6.61 Å². The fraction of sp³-hybridized carbons (Fsp3) is 0.133. The monoisotopic (exact) mass is 339 g/mol. The van der Waals surface area contributed by atoms with Gasteiger partial charge in [0, 0.05) is 7.05 Å². The standard InChI is InChI=1S/C15H14FNO5S/c1-17(14-5-3-2-4-13(14)16)23(20,21)12-8-6-11(7-9-12)22-10-15(18)19/h2-9H,10H2,1H3,(H,18,19). The third kappa shape index (κ3) is 3.78. The maximum absolute atomic E-state index is 13.7. The van der Waals surface area contributed by atoms with E-state index in [1.165, 1.54) is 55.6 Å². The summed E-state index contributed by atoms with van der Waals surface area (Å²) in [6, 6.07) is 10.7. The first-order valence-corrected chi connectivity index (χ1v) is 7.94. The summed E-state index contributed by atoms with van der Waals surface area (Å²) in [6.45, 7) is -0.527. The van der Waals surface area contributed by atoms with E-state index in [0.29, 0.717) is 0 Å². The number of para-hydroxylation sites is 1. The number of carboxylic acid groups (broad SMARTS) is 1. The molecule has 2 aromatic carbocycles. The number of nitrogens with zero attached hydrogens (tertiary/aromatic N) is 1. The van der Waals surface area contributed by atoms with Crippen LogP contribution in [0.4, 0.5) is 10.1 Å². The second-order valence-electron chi connectivity index (χ2n) is 4.58. The molecule has 0 bridgehead atoms. The van der Waals surface area contributed by atoms with E-state index in [1.54, 1.807) is 0 Å². The first-order chi connectivity index (χ1) is 10.8. The SMILES string of the molecule is CN(c1ccccc1F)S(=O)(=O)c1ccc(OCC(=O)O)cc1. The third-order valence-electron chi connectivity index (χ3n) is 3.04. The van der Waals surface area contributed by atoms with Gasteiger partial charge in [0.25, 0.3) is 10.0 Å². The lowest BCUT2D eigenvalue weighted by Gasteiger charge is -2.20. The van der Waals surface area contributed by atoms with Gasteiger partial charge in [0.05, 0.1) is 10.6 Å². The largest absolute Gasteiger partial charge is 0.482 e. The minimum atomic E-state index is -3.94. The molecule has 0 heterocycles. The average molecular weight is 339 g/mol. The van der Waals surface area contributed by atoms with E-state index >= 15 is 0 Å². The van der Waals surface area contributed by atoms with Gasteiger partial charge in [-0.1, -0.05) is 12.1 Å². The Morgan fingerprint density at radius 1 is 1.17 bits per heavy atom. The van der Waals surface area contributed by atoms with E-state index in [-0.39, 0.29) is 16.3 Å². The van der Waals surface area contributed by atoms with Gasteiger partial charge in [-0.3, -0.25) is 4.31 Å². The number of carbonyl (C=O) groups is 1.